The standard InChI is InChI=1S/C13H15FO4/c1-16-13-12(15)11(14)10(18-13)8-17-7-9-5-3-2-4-6-9/h2-6,10-11,13H,7-8H2,1H3/t10-,11-,13+/m1/s1. The molecule has 5 heteroatoms. The van der Waals surface area contributed by atoms with Crippen LogP contribution in [0.2, 0.25) is 0 Å². The monoisotopic (exact) mass is 254 g/mol. The van der Waals surface area contributed by atoms with E-state index in [1.165, 1.54) is 7.11 Å². The number of hydrogen-bond donors (Lipinski definition) is 0. The van der Waals surface area contributed by atoms with Crippen LogP contribution in [-0.2, 0) is 25.6 Å². The third-order valence-electron chi connectivity index (χ3n) is 2.74. The fourth-order valence-corrected chi connectivity index (χ4v) is 1.77. The number of methoxy groups -OCH3 is 1. The van der Waals surface area contributed by atoms with Gasteiger partial charge in [0.25, 0.3) is 0 Å². The Bertz CT molecular complexity index is 395. The zero-order valence-corrected chi connectivity index (χ0v) is 10.0. The number of rotatable bonds is 5. The van der Waals surface area contributed by atoms with Crippen molar-refractivity contribution in [1.82, 2.24) is 0 Å². The zero-order chi connectivity index (χ0) is 13.0. The van der Waals surface area contributed by atoms with Gasteiger partial charge >= 0.3 is 0 Å². The topological polar surface area (TPSA) is 44.8 Å². The maximum Gasteiger partial charge on any atom is 0.225 e. The molecule has 4 nitrogen and oxygen atoms in total. The van der Waals surface area contributed by atoms with Crippen molar-refractivity contribution in [3.05, 3.63) is 35.9 Å². The number of benzene rings is 1. The van der Waals surface area contributed by atoms with Crippen LogP contribution >= 0.6 is 0 Å². The van der Waals surface area contributed by atoms with Gasteiger partial charge in [-0.3, -0.25) is 4.79 Å². The first-order valence-corrected chi connectivity index (χ1v) is 5.70. The van der Waals surface area contributed by atoms with Crippen LogP contribution in [0.5, 0.6) is 0 Å². The van der Waals surface area contributed by atoms with Crippen LogP contribution in [0.3, 0.4) is 0 Å². The summed E-state index contributed by atoms with van der Waals surface area (Å²) in [6.45, 7) is 0.390. The van der Waals surface area contributed by atoms with Gasteiger partial charge in [0.2, 0.25) is 12.1 Å². The average molecular weight is 254 g/mol. The Morgan fingerprint density at radius 2 is 2.06 bits per heavy atom. The summed E-state index contributed by atoms with van der Waals surface area (Å²) in [5.41, 5.74) is 0.987. The lowest BCUT2D eigenvalue weighted by molar-refractivity contribution is -0.154. The van der Waals surface area contributed by atoms with E-state index in [4.69, 9.17) is 14.2 Å². The van der Waals surface area contributed by atoms with Gasteiger partial charge in [-0.1, -0.05) is 30.3 Å². The summed E-state index contributed by atoms with van der Waals surface area (Å²) in [6.07, 6.45) is -3.66. The Morgan fingerprint density at radius 1 is 1.33 bits per heavy atom. The number of carbonyl (C=O) groups excluding carboxylic acids is 1. The van der Waals surface area contributed by atoms with Crippen LogP contribution in [0.4, 0.5) is 4.39 Å². The number of alkyl halides is 1. The minimum Gasteiger partial charge on any atom is -0.374 e. The minimum atomic E-state index is -1.68. The second-order valence-corrected chi connectivity index (χ2v) is 4.05. The van der Waals surface area contributed by atoms with Gasteiger partial charge in [0.1, 0.15) is 6.10 Å². The summed E-state index contributed by atoms with van der Waals surface area (Å²) < 4.78 is 28.7. The fraction of sp³-hybridized carbons (Fsp3) is 0.462. The van der Waals surface area contributed by atoms with E-state index in [0.717, 1.165) is 5.56 Å². The molecule has 0 unspecified atom stereocenters. The Hall–Kier alpha value is -1.30. The Morgan fingerprint density at radius 3 is 2.67 bits per heavy atom. The van der Waals surface area contributed by atoms with Crippen LogP contribution in [0.1, 0.15) is 5.56 Å². The Kier molecular flexibility index (Phi) is 4.41. The Labute approximate surface area is 105 Å². The number of ketones is 1. The van der Waals surface area contributed by atoms with E-state index in [0.29, 0.717) is 6.61 Å². The van der Waals surface area contributed by atoms with Crippen LogP contribution < -0.4 is 0 Å². The van der Waals surface area contributed by atoms with E-state index in [1.54, 1.807) is 0 Å². The van der Waals surface area contributed by atoms with Gasteiger partial charge in [0.05, 0.1) is 13.2 Å². The quantitative estimate of drug-likeness (QED) is 0.798. The molecule has 0 radical (unpaired) electrons. The fourth-order valence-electron chi connectivity index (χ4n) is 1.77. The molecule has 0 bridgehead atoms. The molecule has 18 heavy (non-hydrogen) atoms. The predicted molar refractivity (Wildman–Crippen MR) is 61.7 cm³/mol. The van der Waals surface area contributed by atoms with Crippen molar-refractivity contribution in [2.45, 2.75) is 25.2 Å². The van der Waals surface area contributed by atoms with E-state index in [9.17, 15) is 9.18 Å². The van der Waals surface area contributed by atoms with E-state index in [-0.39, 0.29) is 6.61 Å². The van der Waals surface area contributed by atoms with Crippen molar-refractivity contribution < 1.29 is 23.4 Å². The molecule has 1 saturated heterocycles. The number of ether oxygens (including phenoxy) is 3. The molecule has 1 heterocycles. The lowest BCUT2D eigenvalue weighted by Gasteiger charge is -2.12. The second kappa shape index (κ2) is 6.04. The molecule has 0 amide bonds. The molecule has 0 N–H and O–H groups in total. The van der Waals surface area contributed by atoms with Crippen molar-refractivity contribution in [3.8, 4) is 0 Å². The first kappa shape index (κ1) is 13.1. The molecule has 98 valence electrons. The molecule has 1 aromatic rings. The predicted octanol–water partition coefficient (Wildman–Crippen LogP) is 1.48. The van der Waals surface area contributed by atoms with Gasteiger partial charge in [0.15, 0.2) is 6.17 Å². The van der Waals surface area contributed by atoms with Crippen molar-refractivity contribution in [3.63, 3.8) is 0 Å². The van der Waals surface area contributed by atoms with E-state index >= 15 is 0 Å². The molecule has 0 saturated carbocycles. The summed E-state index contributed by atoms with van der Waals surface area (Å²) in [4.78, 5) is 11.3. The van der Waals surface area contributed by atoms with Crippen molar-refractivity contribution >= 4 is 5.78 Å². The van der Waals surface area contributed by atoms with Gasteiger partial charge in [-0.2, -0.15) is 0 Å². The first-order valence-electron chi connectivity index (χ1n) is 5.70. The van der Waals surface area contributed by atoms with E-state index in [1.807, 2.05) is 30.3 Å². The number of hydrogen-bond acceptors (Lipinski definition) is 4. The molecule has 1 fully saturated rings. The number of halogens is 1. The zero-order valence-electron chi connectivity index (χ0n) is 10.0. The van der Waals surface area contributed by atoms with Crippen LogP contribution in [0, 0.1) is 0 Å². The lowest BCUT2D eigenvalue weighted by Crippen LogP contribution is -2.27. The summed E-state index contributed by atoms with van der Waals surface area (Å²) >= 11 is 0. The van der Waals surface area contributed by atoms with Crippen molar-refractivity contribution in [1.29, 1.82) is 0 Å². The molecule has 1 aliphatic heterocycles. The van der Waals surface area contributed by atoms with Crippen LogP contribution in [0.25, 0.3) is 0 Å². The molecule has 0 spiro atoms. The van der Waals surface area contributed by atoms with Gasteiger partial charge in [-0.15, -0.1) is 0 Å². The van der Waals surface area contributed by atoms with Crippen LogP contribution in [-0.4, -0.2) is 38.1 Å². The van der Waals surface area contributed by atoms with E-state index in [2.05, 4.69) is 0 Å². The molecule has 3 atom stereocenters. The maximum absolute atomic E-state index is 13.5. The smallest absolute Gasteiger partial charge is 0.225 e. The highest BCUT2D eigenvalue weighted by Gasteiger charge is 2.44. The van der Waals surface area contributed by atoms with Gasteiger partial charge < -0.3 is 14.2 Å². The number of carbonyl (C=O) groups is 1. The highest BCUT2D eigenvalue weighted by molar-refractivity contribution is 5.88. The van der Waals surface area contributed by atoms with Crippen molar-refractivity contribution in [2.75, 3.05) is 13.7 Å². The molecular formula is C13H15FO4. The molecule has 1 aliphatic rings. The van der Waals surface area contributed by atoms with Crippen LogP contribution in [0.15, 0.2) is 30.3 Å². The normalized spacial score (nSPS) is 27.7. The van der Waals surface area contributed by atoms with Crippen molar-refractivity contribution in [2.24, 2.45) is 0 Å². The summed E-state index contributed by atoms with van der Waals surface area (Å²) in [5.74, 6) is -0.675. The van der Waals surface area contributed by atoms with Gasteiger partial charge in [-0.25, -0.2) is 4.39 Å². The average Bonchev–Trinajstić information content (AvgIpc) is 2.68. The number of Topliss-reactive ketones (excluding diaryl/α,β-unsaturated/α-hetero) is 1. The lowest BCUT2D eigenvalue weighted by atomic mass is 10.2. The molecular weight excluding hydrogens is 239 g/mol. The summed E-state index contributed by atoms with van der Waals surface area (Å²) in [6, 6.07) is 9.51. The minimum absolute atomic E-state index is 0.0294. The molecule has 2 rings (SSSR count). The highest BCUT2D eigenvalue weighted by atomic mass is 19.1. The SMILES string of the molecule is CO[C@H]1O[C@H](COCc2ccccc2)[C@@H](F)C1=O. The largest absolute Gasteiger partial charge is 0.374 e. The maximum atomic E-state index is 13.5. The third-order valence-corrected chi connectivity index (χ3v) is 2.74. The summed E-state index contributed by atoms with van der Waals surface area (Å²) in [5, 5.41) is 0. The highest BCUT2D eigenvalue weighted by Crippen LogP contribution is 2.21. The first-order chi connectivity index (χ1) is 8.72. The summed E-state index contributed by atoms with van der Waals surface area (Å²) in [7, 11) is 1.31. The third kappa shape index (κ3) is 2.93. The van der Waals surface area contributed by atoms with Gasteiger partial charge in [0, 0.05) is 7.11 Å². The van der Waals surface area contributed by atoms with Gasteiger partial charge in [-0.05, 0) is 5.56 Å². The molecule has 0 aromatic heterocycles. The molecule has 0 aliphatic carbocycles. The molecule has 1 aromatic carbocycles. The second-order valence-electron chi connectivity index (χ2n) is 4.05. The Balaban J connectivity index is 1.79. The van der Waals surface area contributed by atoms with E-state index < -0.39 is 24.3 Å².